The van der Waals surface area contributed by atoms with Crippen LogP contribution in [0.3, 0.4) is 0 Å². The highest BCUT2D eigenvalue weighted by Gasteiger charge is 2.39. The first-order chi connectivity index (χ1) is 12.1. The fourth-order valence-electron chi connectivity index (χ4n) is 2.70. The van der Waals surface area contributed by atoms with Crippen LogP contribution in [0.5, 0.6) is 0 Å². The standard InChI is InChI=1S/C19H23N3O3/c1-3-12-21(13-4-2)17(23)14-22-18(24)16(20-19(22)25)11-10-15-8-6-5-7-9-15/h3-9,16H,1-2,10-14H2,(H,20,25)/t16-/m1/s1. The molecule has 0 saturated carbocycles. The number of rotatable bonds is 9. The van der Waals surface area contributed by atoms with Gasteiger partial charge in [0.25, 0.3) is 5.91 Å². The molecule has 132 valence electrons. The Hall–Kier alpha value is -2.89. The largest absolute Gasteiger partial charge is 0.334 e. The second-order valence-corrected chi connectivity index (χ2v) is 5.83. The van der Waals surface area contributed by atoms with Gasteiger partial charge >= 0.3 is 6.03 Å². The van der Waals surface area contributed by atoms with Crippen LogP contribution in [0.1, 0.15) is 12.0 Å². The molecular formula is C19H23N3O3. The van der Waals surface area contributed by atoms with Crippen molar-refractivity contribution in [3.05, 3.63) is 61.2 Å². The Bertz CT molecular complexity index is 647. The van der Waals surface area contributed by atoms with E-state index in [0.717, 1.165) is 10.5 Å². The molecule has 0 aromatic heterocycles. The van der Waals surface area contributed by atoms with Crippen LogP contribution in [0.25, 0.3) is 0 Å². The smallest absolute Gasteiger partial charge is 0.325 e. The minimum Gasteiger partial charge on any atom is -0.334 e. The molecular weight excluding hydrogens is 318 g/mol. The van der Waals surface area contributed by atoms with E-state index in [1.807, 2.05) is 30.3 Å². The third-order valence-electron chi connectivity index (χ3n) is 4.02. The van der Waals surface area contributed by atoms with E-state index in [9.17, 15) is 14.4 Å². The minimum atomic E-state index is -0.590. The van der Waals surface area contributed by atoms with Crippen LogP contribution in [0, 0.1) is 0 Å². The van der Waals surface area contributed by atoms with Crippen molar-refractivity contribution in [3.63, 3.8) is 0 Å². The zero-order chi connectivity index (χ0) is 18.2. The maximum atomic E-state index is 12.4. The van der Waals surface area contributed by atoms with Crippen LogP contribution in [-0.2, 0) is 16.0 Å². The van der Waals surface area contributed by atoms with Gasteiger partial charge in [0.15, 0.2) is 0 Å². The van der Waals surface area contributed by atoms with Crippen molar-refractivity contribution in [2.24, 2.45) is 0 Å². The van der Waals surface area contributed by atoms with E-state index in [2.05, 4.69) is 18.5 Å². The van der Waals surface area contributed by atoms with Gasteiger partial charge in [0, 0.05) is 13.1 Å². The lowest BCUT2D eigenvalue weighted by Gasteiger charge is -2.21. The van der Waals surface area contributed by atoms with Crippen molar-refractivity contribution in [2.75, 3.05) is 19.6 Å². The quantitative estimate of drug-likeness (QED) is 0.549. The first-order valence-corrected chi connectivity index (χ1v) is 8.22. The van der Waals surface area contributed by atoms with Crippen LogP contribution >= 0.6 is 0 Å². The summed E-state index contributed by atoms with van der Waals surface area (Å²) in [6.45, 7) is 7.62. The van der Waals surface area contributed by atoms with Crippen LogP contribution in [0.15, 0.2) is 55.6 Å². The highest BCUT2D eigenvalue weighted by Crippen LogP contribution is 2.13. The van der Waals surface area contributed by atoms with E-state index >= 15 is 0 Å². The number of benzene rings is 1. The molecule has 0 unspecified atom stereocenters. The molecule has 1 aromatic carbocycles. The lowest BCUT2D eigenvalue weighted by molar-refractivity contribution is -0.136. The molecule has 1 N–H and O–H groups in total. The lowest BCUT2D eigenvalue weighted by atomic mass is 10.1. The molecule has 6 nitrogen and oxygen atoms in total. The van der Waals surface area contributed by atoms with Gasteiger partial charge in [-0.25, -0.2) is 4.79 Å². The number of nitrogens with one attached hydrogen (secondary N) is 1. The monoisotopic (exact) mass is 341 g/mol. The zero-order valence-corrected chi connectivity index (χ0v) is 14.2. The zero-order valence-electron chi connectivity index (χ0n) is 14.2. The van der Waals surface area contributed by atoms with E-state index in [-0.39, 0.29) is 18.4 Å². The van der Waals surface area contributed by atoms with Gasteiger partial charge in [-0.1, -0.05) is 42.5 Å². The van der Waals surface area contributed by atoms with E-state index in [0.29, 0.717) is 25.9 Å². The van der Waals surface area contributed by atoms with E-state index in [1.54, 1.807) is 12.2 Å². The molecule has 1 aliphatic rings. The second-order valence-electron chi connectivity index (χ2n) is 5.83. The van der Waals surface area contributed by atoms with E-state index in [1.165, 1.54) is 4.90 Å². The first kappa shape index (κ1) is 18.4. The SMILES string of the molecule is C=CCN(CC=C)C(=O)CN1C(=O)N[C@H](CCc2ccccc2)C1=O. The number of carbonyl (C=O) groups is 3. The van der Waals surface area contributed by atoms with Crippen LogP contribution < -0.4 is 5.32 Å². The lowest BCUT2D eigenvalue weighted by Crippen LogP contribution is -2.43. The molecule has 6 heteroatoms. The molecule has 1 aliphatic heterocycles. The number of nitrogens with zero attached hydrogens (tertiary/aromatic N) is 2. The summed E-state index contributed by atoms with van der Waals surface area (Å²) in [4.78, 5) is 39.3. The summed E-state index contributed by atoms with van der Waals surface area (Å²) in [5, 5.41) is 2.66. The van der Waals surface area contributed by atoms with E-state index in [4.69, 9.17) is 0 Å². The molecule has 25 heavy (non-hydrogen) atoms. The van der Waals surface area contributed by atoms with Crippen molar-refractivity contribution in [2.45, 2.75) is 18.9 Å². The van der Waals surface area contributed by atoms with Gasteiger partial charge in [0.1, 0.15) is 12.6 Å². The molecule has 1 heterocycles. The van der Waals surface area contributed by atoms with E-state index < -0.39 is 12.1 Å². The number of hydrogen-bond donors (Lipinski definition) is 1. The van der Waals surface area contributed by atoms with Gasteiger partial charge in [0.2, 0.25) is 5.91 Å². The Morgan fingerprint density at radius 3 is 2.40 bits per heavy atom. The highest BCUT2D eigenvalue weighted by molar-refractivity contribution is 6.06. The summed E-state index contributed by atoms with van der Waals surface area (Å²) in [5.41, 5.74) is 1.10. The minimum absolute atomic E-state index is 0.270. The number of aryl methyl sites for hydroxylation is 1. The van der Waals surface area contributed by atoms with Gasteiger partial charge in [0.05, 0.1) is 0 Å². The van der Waals surface area contributed by atoms with Gasteiger partial charge < -0.3 is 10.2 Å². The van der Waals surface area contributed by atoms with Crippen molar-refractivity contribution >= 4 is 17.8 Å². The van der Waals surface area contributed by atoms with Crippen LogP contribution in [0.2, 0.25) is 0 Å². The first-order valence-electron chi connectivity index (χ1n) is 8.22. The summed E-state index contributed by atoms with van der Waals surface area (Å²) in [6.07, 6.45) is 4.37. The molecule has 1 saturated heterocycles. The number of carbonyl (C=O) groups excluding carboxylic acids is 3. The van der Waals surface area contributed by atoms with Crippen molar-refractivity contribution in [3.8, 4) is 0 Å². The van der Waals surface area contributed by atoms with Gasteiger partial charge in [-0.15, -0.1) is 13.2 Å². The predicted molar refractivity (Wildman–Crippen MR) is 95.8 cm³/mol. The summed E-state index contributed by atoms with van der Waals surface area (Å²) in [6, 6.07) is 8.64. The Kier molecular flexibility index (Phi) is 6.51. The summed E-state index contributed by atoms with van der Waals surface area (Å²) in [5.74, 6) is -0.668. The number of amides is 4. The highest BCUT2D eigenvalue weighted by atomic mass is 16.2. The molecule has 0 aliphatic carbocycles. The van der Waals surface area contributed by atoms with Crippen molar-refractivity contribution in [1.29, 1.82) is 0 Å². The number of imide groups is 1. The Balaban J connectivity index is 1.94. The Morgan fingerprint density at radius 1 is 1.16 bits per heavy atom. The van der Waals surface area contributed by atoms with Crippen molar-refractivity contribution in [1.82, 2.24) is 15.1 Å². The maximum absolute atomic E-state index is 12.4. The van der Waals surface area contributed by atoms with Gasteiger partial charge in [-0.2, -0.15) is 0 Å². The summed E-state index contributed by atoms with van der Waals surface area (Å²) >= 11 is 0. The molecule has 1 aromatic rings. The molecule has 1 atom stereocenters. The predicted octanol–water partition coefficient (Wildman–Crippen LogP) is 1.74. The van der Waals surface area contributed by atoms with Crippen LogP contribution in [0.4, 0.5) is 4.79 Å². The molecule has 1 fully saturated rings. The summed E-state index contributed by atoms with van der Waals surface area (Å²) in [7, 11) is 0. The normalized spacial score (nSPS) is 16.5. The fraction of sp³-hybridized carbons (Fsp3) is 0.316. The fourth-order valence-corrected chi connectivity index (χ4v) is 2.70. The second kappa shape index (κ2) is 8.82. The average Bonchev–Trinajstić information content (AvgIpc) is 2.88. The van der Waals surface area contributed by atoms with Crippen LogP contribution in [-0.4, -0.2) is 53.3 Å². The third kappa shape index (κ3) is 4.79. The number of hydrogen-bond acceptors (Lipinski definition) is 3. The number of urea groups is 1. The third-order valence-corrected chi connectivity index (χ3v) is 4.02. The summed E-state index contributed by atoms with van der Waals surface area (Å²) < 4.78 is 0. The molecule has 2 rings (SSSR count). The molecule has 0 radical (unpaired) electrons. The van der Waals surface area contributed by atoms with Gasteiger partial charge in [-0.05, 0) is 18.4 Å². The average molecular weight is 341 g/mol. The molecule has 4 amide bonds. The molecule has 0 spiro atoms. The topological polar surface area (TPSA) is 69.7 Å². The van der Waals surface area contributed by atoms with Crippen molar-refractivity contribution < 1.29 is 14.4 Å². The van der Waals surface area contributed by atoms with Gasteiger partial charge in [-0.3, -0.25) is 14.5 Å². The Labute approximate surface area is 147 Å². The maximum Gasteiger partial charge on any atom is 0.325 e. The molecule has 0 bridgehead atoms. The Morgan fingerprint density at radius 2 is 1.80 bits per heavy atom.